The minimum absolute atomic E-state index is 0.0808. The zero-order valence-corrected chi connectivity index (χ0v) is 13.7. The molecule has 1 aromatic heterocycles. The molecule has 0 spiro atoms. The Morgan fingerprint density at radius 3 is 2.44 bits per heavy atom. The molecule has 4 rings (SSSR count). The number of carbonyl (C=O) groups is 1. The first kappa shape index (κ1) is 15.2. The van der Waals surface area contributed by atoms with Crippen molar-refractivity contribution in [1.29, 1.82) is 0 Å². The Labute approximate surface area is 145 Å². The highest BCUT2D eigenvalue weighted by molar-refractivity contribution is 6.19. The number of hydrogen-bond acceptors (Lipinski definition) is 3. The summed E-state index contributed by atoms with van der Waals surface area (Å²) in [6.45, 7) is 0. The lowest BCUT2D eigenvalue weighted by Crippen LogP contribution is -2.02. The van der Waals surface area contributed by atoms with E-state index in [4.69, 9.17) is 9.15 Å². The van der Waals surface area contributed by atoms with Gasteiger partial charge in [0.05, 0.1) is 12.7 Å². The molecule has 0 amide bonds. The van der Waals surface area contributed by atoms with E-state index >= 15 is 0 Å². The fraction of sp³-hybridized carbons (Fsp3) is 0.0455. The molecule has 0 radical (unpaired) electrons. The van der Waals surface area contributed by atoms with E-state index in [9.17, 15) is 4.79 Å². The summed E-state index contributed by atoms with van der Waals surface area (Å²) in [5.41, 5.74) is 2.73. The van der Waals surface area contributed by atoms with Gasteiger partial charge in [0.15, 0.2) is 5.78 Å². The topological polar surface area (TPSA) is 39.4 Å². The van der Waals surface area contributed by atoms with Crippen LogP contribution in [-0.2, 0) is 0 Å². The maximum atomic E-state index is 13.3. The minimum atomic E-state index is -0.0808. The number of rotatable bonds is 4. The molecular formula is C22H16O3. The summed E-state index contributed by atoms with van der Waals surface area (Å²) in [5, 5.41) is 0.814. The van der Waals surface area contributed by atoms with Gasteiger partial charge < -0.3 is 9.15 Å². The van der Waals surface area contributed by atoms with Gasteiger partial charge in [0.2, 0.25) is 0 Å². The summed E-state index contributed by atoms with van der Waals surface area (Å²) in [7, 11) is 1.59. The van der Waals surface area contributed by atoms with E-state index < -0.39 is 0 Å². The molecule has 0 atom stereocenters. The number of para-hydroxylation sites is 1. The normalized spacial score (nSPS) is 10.8. The predicted molar refractivity (Wildman–Crippen MR) is 98.1 cm³/mol. The molecule has 0 unspecified atom stereocenters. The summed E-state index contributed by atoms with van der Waals surface area (Å²) in [4.78, 5) is 13.3. The van der Waals surface area contributed by atoms with Crippen LogP contribution in [0, 0.1) is 0 Å². The summed E-state index contributed by atoms with van der Waals surface area (Å²) in [5.74, 6) is 1.16. The molecule has 0 bridgehead atoms. The number of benzene rings is 3. The van der Waals surface area contributed by atoms with E-state index in [1.807, 2.05) is 66.7 Å². The molecule has 122 valence electrons. The molecule has 0 saturated carbocycles. The molecule has 0 aliphatic carbocycles. The average molecular weight is 328 g/mol. The lowest BCUT2D eigenvalue weighted by molar-refractivity contribution is 0.104. The average Bonchev–Trinajstić information content (AvgIpc) is 3.07. The molecule has 3 heteroatoms. The molecule has 0 aliphatic rings. The lowest BCUT2D eigenvalue weighted by Gasteiger charge is -2.05. The Bertz CT molecular complexity index is 1050. The molecule has 3 nitrogen and oxygen atoms in total. The van der Waals surface area contributed by atoms with Crippen LogP contribution in [0.25, 0.3) is 22.3 Å². The van der Waals surface area contributed by atoms with Crippen LogP contribution >= 0.6 is 0 Å². The van der Waals surface area contributed by atoms with Gasteiger partial charge >= 0.3 is 0 Å². The van der Waals surface area contributed by atoms with Crippen LogP contribution in [0.3, 0.4) is 0 Å². The van der Waals surface area contributed by atoms with Gasteiger partial charge in [-0.25, -0.2) is 0 Å². The quantitative estimate of drug-likeness (QED) is 0.475. The number of furan rings is 1. The number of hydrogen-bond donors (Lipinski definition) is 0. The van der Waals surface area contributed by atoms with Gasteiger partial charge in [-0.05, 0) is 18.2 Å². The van der Waals surface area contributed by atoms with Gasteiger partial charge in [0.1, 0.15) is 17.1 Å². The molecule has 25 heavy (non-hydrogen) atoms. The van der Waals surface area contributed by atoms with Gasteiger partial charge in [-0.2, -0.15) is 0 Å². The van der Waals surface area contributed by atoms with Crippen LogP contribution in [0.5, 0.6) is 5.75 Å². The zero-order chi connectivity index (χ0) is 17.2. The van der Waals surface area contributed by atoms with Crippen molar-refractivity contribution in [2.45, 2.75) is 0 Å². The van der Waals surface area contributed by atoms with Crippen LogP contribution < -0.4 is 4.74 Å². The lowest BCUT2D eigenvalue weighted by atomic mass is 9.97. The summed E-state index contributed by atoms with van der Waals surface area (Å²) < 4.78 is 11.3. The second-order valence-electron chi connectivity index (χ2n) is 5.73. The van der Waals surface area contributed by atoms with Crippen molar-refractivity contribution < 1.29 is 13.9 Å². The van der Waals surface area contributed by atoms with Crippen LogP contribution in [0.1, 0.15) is 15.9 Å². The Morgan fingerprint density at radius 1 is 0.880 bits per heavy atom. The first-order valence-corrected chi connectivity index (χ1v) is 8.03. The van der Waals surface area contributed by atoms with Crippen LogP contribution in [0.4, 0.5) is 0 Å². The van der Waals surface area contributed by atoms with Crippen molar-refractivity contribution >= 4 is 16.8 Å². The van der Waals surface area contributed by atoms with E-state index in [1.165, 1.54) is 0 Å². The summed E-state index contributed by atoms with van der Waals surface area (Å²) in [6, 6.07) is 24.5. The van der Waals surface area contributed by atoms with Crippen LogP contribution in [0.2, 0.25) is 0 Å². The van der Waals surface area contributed by atoms with E-state index in [0.717, 1.165) is 10.9 Å². The third-order valence-electron chi connectivity index (χ3n) is 4.19. The number of methoxy groups -OCH3 is 1. The van der Waals surface area contributed by atoms with E-state index in [0.29, 0.717) is 28.2 Å². The highest BCUT2D eigenvalue weighted by atomic mass is 16.5. The molecule has 0 aliphatic heterocycles. The molecule has 0 N–H and O–H groups in total. The van der Waals surface area contributed by atoms with Gasteiger partial charge in [0.25, 0.3) is 0 Å². The molecule has 3 aromatic carbocycles. The second kappa shape index (κ2) is 6.29. The monoisotopic (exact) mass is 328 g/mol. The SMILES string of the molecule is COc1cccc(C(=O)c2c(-c3ccccc3)oc3ccccc23)c1. The van der Waals surface area contributed by atoms with Gasteiger partial charge in [-0.1, -0.05) is 60.7 Å². The highest BCUT2D eigenvalue weighted by Gasteiger charge is 2.23. The Kier molecular flexibility index (Phi) is 3.82. The van der Waals surface area contributed by atoms with Gasteiger partial charge in [-0.3, -0.25) is 4.79 Å². The van der Waals surface area contributed by atoms with E-state index in [-0.39, 0.29) is 5.78 Å². The maximum absolute atomic E-state index is 13.3. The Balaban J connectivity index is 1.95. The highest BCUT2D eigenvalue weighted by Crippen LogP contribution is 2.35. The third kappa shape index (κ3) is 2.70. The number of fused-ring (bicyclic) bond motifs is 1. The fourth-order valence-electron chi connectivity index (χ4n) is 2.97. The third-order valence-corrected chi connectivity index (χ3v) is 4.19. The summed E-state index contributed by atoms with van der Waals surface area (Å²) >= 11 is 0. The van der Waals surface area contributed by atoms with Crippen molar-refractivity contribution in [3.05, 3.63) is 90.0 Å². The molecule has 0 fully saturated rings. The molecule has 4 aromatic rings. The molecule has 1 heterocycles. The van der Waals surface area contributed by atoms with E-state index in [2.05, 4.69) is 0 Å². The van der Waals surface area contributed by atoms with Crippen LogP contribution in [0.15, 0.2) is 83.3 Å². The first-order valence-electron chi connectivity index (χ1n) is 8.03. The van der Waals surface area contributed by atoms with Crippen molar-refractivity contribution in [2.75, 3.05) is 7.11 Å². The smallest absolute Gasteiger partial charge is 0.197 e. The molecule has 0 saturated heterocycles. The number of carbonyl (C=O) groups excluding carboxylic acids is 1. The molecular weight excluding hydrogens is 312 g/mol. The van der Waals surface area contributed by atoms with E-state index in [1.54, 1.807) is 19.2 Å². The minimum Gasteiger partial charge on any atom is -0.497 e. The number of ether oxygens (including phenoxy) is 1. The fourth-order valence-corrected chi connectivity index (χ4v) is 2.97. The Hall–Kier alpha value is -3.33. The van der Waals surface area contributed by atoms with Crippen molar-refractivity contribution in [3.63, 3.8) is 0 Å². The van der Waals surface area contributed by atoms with Crippen LogP contribution in [-0.4, -0.2) is 12.9 Å². The Morgan fingerprint density at radius 2 is 1.64 bits per heavy atom. The van der Waals surface area contributed by atoms with Crippen molar-refractivity contribution in [2.24, 2.45) is 0 Å². The van der Waals surface area contributed by atoms with Crippen molar-refractivity contribution in [1.82, 2.24) is 0 Å². The largest absolute Gasteiger partial charge is 0.497 e. The number of ketones is 1. The van der Waals surface area contributed by atoms with Crippen molar-refractivity contribution in [3.8, 4) is 17.1 Å². The summed E-state index contributed by atoms with van der Waals surface area (Å²) in [6.07, 6.45) is 0. The first-order chi connectivity index (χ1) is 12.3. The zero-order valence-electron chi connectivity index (χ0n) is 13.7. The maximum Gasteiger partial charge on any atom is 0.197 e. The standard InChI is InChI=1S/C22H16O3/c1-24-17-11-7-10-16(14-17)21(23)20-18-12-5-6-13-19(18)25-22(20)15-8-3-2-4-9-15/h2-14H,1H3. The predicted octanol–water partition coefficient (Wildman–Crippen LogP) is 5.34. The van der Waals surface area contributed by atoms with Gasteiger partial charge in [-0.15, -0.1) is 0 Å². The van der Waals surface area contributed by atoms with Gasteiger partial charge in [0, 0.05) is 16.5 Å². The second-order valence-corrected chi connectivity index (χ2v) is 5.73.